The number of aromatic nitrogens is 1. The zero-order chi connectivity index (χ0) is 13.5. The summed E-state index contributed by atoms with van der Waals surface area (Å²) < 4.78 is 0. The van der Waals surface area contributed by atoms with E-state index in [1.54, 1.807) is 0 Å². The standard InChI is InChI=1S/C16H27N3/c1-14-6-8-16(9-7-14)19(2)12-11-17-13-15-5-3-4-10-18-15/h3-5,10,14,16-17H,6-9,11-13H2,1-2H3. The lowest BCUT2D eigenvalue weighted by Crippen LogP contribution is -2.38. The van der Waals surface area contributed by atoms with Crippen molar-refractivity contribution in [1.82, 2.24) is 15.2 Å². The molecule has 1 aliphatic carbocycles. The van der Waals surface area contributed by atoms with Crippen molar-refractivity contribution in [2.24, 2.45) is 5.92 Å². The number of rotatable bonds is 6. The van der Waals surface area contributed by atoms with Gasteiger partial charge in [0.2, 0.25) is 0 Å². The van der Waals surface area contributed by atoms with Crippen molar-refractivity contribution < 1.29 is 0 Å². The van der Waals surface area contributed by atoms with E-state index in [9.17, 15) is 0 Å². The molecular weight excluding hydrogens is 234 g/mol. The van der Waals surface area contributed by atoms with E-state index < -0.39 is 0 Å². The molecule has 2 rings (SSSR count). The van der Waals surface area contributed by atoms with Crippen molar-refractivity contribution in [2.45, 2.75) is 45.2 Å². The number of likely N-dealkylation sites (N-methyl/N-ethyl adjacent to an activating group) is 1. The van der Waals surface area contributed by atoms with Gasteiger partial charge in [0, 0.05) is 31.9 Å². The summed E-state index contributed by atoms with van der Waals surface area (Å²) in [6.07, 6.45) is 7.40. The molecule has 3 heteroatoms. The maximum Gasteiger partial charge on any atom is 0.0541 e. The molecule has 1 aliphatic rings. The van der Waals surface area contributed by atoms with Crippen LogP contribution in [0.1, 0.15) is 38.3 Å². The summed E-state index contributed by atoms with van der Waals surface area (Å²) in [6.45, 7) is 5.42. The monoisotopic (exact) mass is 261 g/mol. The number of pyridine rings is 1. The van der Waals surface area contributed by atoms with E-state index in [-0.39, 0.29) is 0 Å². The molecule has 1 saturated carbocycles. The normalized spacial score (nSPS) is 23.7. The van der Waals surface area contributed by atoms with Gasteiger partial charge in [-0.25, -0.2) is 0 Å². The lowest BCUT2D eigenvalue weighted by atomic mass is 9.87. The van der Waals surface area contributed by atoms with Gasteiger partial charge in [0.1, 0.15) is 0 Å². The number of nitrogens with zero attached hydrogens (tertiary/aromatic N) is 2. The van der Waals surface area contributed by atoms with Crippen molar-refractivity contribution in [2.75, 3.05) is 20.1 Å². The summed E-state index contributed by atoms with van der Waals surface area (Å²) in [4.78, 5) is 6.84. The first-order valence-corrected chi connectivity index (χ1v) is 7.56. The van der Waals surface area contributed by atoms with Gasteiger partial charge in [0.15, 0.2) is 0 Å². The Labute approximate surface area is 117 Å². The molecule has 0 unspecified atom stereocenters. The van der Waals surface area contributed by atoms with Crippen molar-refractivity contribution in [3.05, 3.63) is 30.1 Å². The van der Waals surface area contributed by atoms with E-state index in [4.69, 9.17) is 0 Å². The minimum absolute atomic E-state index is 0.799. The highest BCUT2D eigenvalue weighted by atomic mass is 15.1. The van der Waals surface area contributed by atoms with Gasteiger partial charge in [0.25, 0.3) is 0 Å². The molecule has 1 N–H and O–H groups in total. The first-order valence-electron chi connectivity index (χ1n) is 7.56. The molecule has 0 amide bonds. The van der Waals surface area contributed by atoms with Crippen molar-refractivity contribution in [3.8, 4) is 0 Å². The fourth-order valence-electron chi connectivity index (χ4n) is 2.84. The van der Waals surface area contributed by atoms with E-state index in [2.05, 4.69) is 35.2 Å². The number of hydrogen-bond acceptors (Lipinski definition) is 3. The van der Waals surface area contributed by atoms with Crippen LogP contribution in [-0.2, 0) is 6.54 Å². The average Bonchev–Trinajstić information content (AvgIpc) is 2.45. The predicted octanol–water partition coefficient (Wildman–Crippen LogP) is 2.68. The van der Waals surface area contributed by atoms with Crippen LogP contribution in [0.4, 0.5) is 0 Å². The molecule has 1 aromatic heterocycles. The zero-order valence-corrected chi connectivity index (χ0v) is 12.3. The van der Waals surface area contributed by atoms with E-state index in [1.807, 2.05) is 18.3 Å². The first-order chi connectivity index (χ1) is 9.25. The van der Waals surface area contributed by atoms with E-state index in [1.165, 1.54) is 25.7 Å². The molecule has 1 heterocycles. The zero-order valence-electron chi connectivity index (χ0n) is 12.3. The SMILES string of the molecule is CC1CCC(N(C)CCNCc2ccccn2)CC1. The molecule has 0 saturated heterocycles. The third kappa shape index (κ3) is 4.92. The summed E-state index contributed by atoms with van der Waals surface area (Å²) >= 11 is 0. The van der Waals surface area contributed by atoms with Crippen molar-refractivity contribution >= 4 is 0 Å². The molecule has 19 heavy (non-hydrogen) atoms. The van der Waals surface area contributed by atoms with E-state index in [0.717, 1.165) is 37.3 Å². The van der Waals surface area contributed by atoms with Crippen molar-refractivity contribution in [3.63, 3.8) is 0 Å². The van der Waals surface area contributed by atoms with Gasteiger partial charge in [-0.15, -0.1) is 0 Å². The predicted molar refractivity (Wildman–Crippen MR) is 80.0 cm³/mol. The van der Waals surface area contributed by atoms with Gasteiger partial charge >= 0.3 is 0 Å². The molecule has 0 aromatic carbocycles. The molecule has 0 spiro atoms. The van der Waals surface area contributed by atoms with Gasteiger partial charge < -0.3 is 10.2 Å². The Hall–Kier alpha value is -0.930. The minimum atomic E-state index is 0.799. The van der Waals surface area contributed by atoms with E-state index in [0.29, 0.717) is 0 Å². The first kappa shape index (κ1) is 14.5. The molecule has 0 bridgehead atoms. The molecule has 106 valence electrons. The quantitative estimate of drug-likeness (QED) is 0.798. The second kappa shape index (κ2) is 7.61. The fraction of sp³-hybridized carbons (Fsp3) is 0.688. The second-order valence-corrected chi connectivity index (χ2v) is 5.89. The maximum atomic E-state index is 4.32. The van der Waals surface area contributed by atoms with E-state index >= 15 is 0 Å². The van der Waals surface area contributed by atoms with Gasteiger partial charge in [-0.3, -0.25) is 4.98 Å². The molecule has 3 nitrogen and oxygen atoms in total. The Bertz CT molecular complexity index is 344. The Morgan fingerprint density at radius 1 is 1.26 bits per heavy atom. The topological polar surface area (TPSA) is 28.2 Å². The van der Waals surface area contributed by atoms with Crippen LogP contribution in [0.15, 0.2) is 24.4 Å². The third-order valence-electron chi connectivity index (χ3n) is 4.28. The van der Waals surface area contributed by atoms with Crippen LogP contribution in [0.3, 0.4) is 0 Å². The summed E-state index contributed by atoms with van der Waals surface area (Å²) in [5.74, 6) is 0.937. The Morgan fingerprint density at radius 3 is 2.74 bits per heavy atom. The number of nitrogens with one attached hydrogen (secondary N) is 1. The Kier molecular flexibility index (Phi) is 5.80. The van der Waals surface area contributed by atoms with Crippen LogP contribution in [0.5, 0.6) is 0 Å². The average molecular weight is 261 g/mol. The van der Waals surface area contributed by atoms with Crippen LogP contribution in [0.2, 0.25) is 0 Å². The smallest absolute Gasteiger partial charge is 0.0541 e. The molecule has 0 atom stereocenters. The van der Waals surface area contributed by atoms with Crippen LogP contribution < -0.4 is 5.32 Å². The lowest BCUT2D eigenvalue weighted by molar-refractivity contribution is 0.171. The van der Waals surface area contributed by atoms with Crippen LogP contribution >= 0.6 is 0 Å². The summed E-state index contributed by atoms with van der Waals surface area (Å²) in [6, 6.07) is 6.87. The van der Waals surface area contributed by atoms with Crippen LogP contribution in [-0.4, -0.2) is 36.1 Å². The van der Waals surface area contributed by atoms with Gasteiger partial charge in [-0.2, -0.15) is 0 Å². The third-order valence-corrected chi connectivity index (χ3v) is 4.28. The van der Waals surface area contributed by atoms with Crippen molar-refractivity contribution in [1.29, 1.82) is 0 Å². The largest absolute Gasteiger partial charge is 0.310 e. The van der Waals surface area contributed by atoms with Crippen LogP contribution in [0, 0.1) is 5.92 Å². The lowest BCUT2D eigenvalue weighted by Gasteiger charge is -2.33. The van der Waals surface area contributed by atoms with Gasteiger partial charge in [-0.1, -0.05) is 13.0 Å². The second-order valence-electron chi connectivity index (χ2n) is 5.89. The highest BCUT2D eigenvalue weighted by Gasteiger charge is 2.20. The molecule has 1 aromatic rings. The summed E-state index contributed by atoms with van der Waals surface area (Å²) in [7, 11) is 2.27. The summed E-state index contributed by atoms with van der Waals surface area (Å²) in [5.41, 5.74) is 1.12. The van der Waals surface area contributed by atoms with Crippen LogP contribution in [0.25, 0.3) is 0 Å². The number of hydrogen-bond donors (Lipinski definition) is 1. The maximum absolute atomic E-state index is 4.32. The Balaban J connectivity index is 1.60. The van der Waals surface area contributed by atoms with Gasteiger partial charge in [-0.05, 0) is 50.8 Å². The fourth-order valence-corrected chi connectivity index (χ4v) is 2.84. The minimum Gasteiger partial charge on any atom is -0.310 e. The summed E-state index contributed by atoms with van der Waals surface area (Å²) in [5, 5.41) is 3.48. The molecular formula is C16H27N3. The molecule has 0 aliphatic heterocycles. The molecule has 1 fully saturated rings. The highest BCUT2D eigenvalue weighted by Crippen LogP contribution is 2.26. The molecule has 0 radical (unpaired) electrons. The van der Waals surface area contributed by atoms with Gasteiger partial charge in [0.05, 0.1) is 5.69 Å². The Morgan fingerprint density at radius 2 is 2.05 bits per heavy atom. The highest BCUT2D eigenvalue weighted by molar-refractivity contribution is 5.02.